The lowest BCUT2D eigenvalue weighted by atomic mass is 10.2. The quantitative estimate of drug-likeness (QED) is 0.460. The van der Waals surface area contributed by atoms with Crippen molar-refractivity contribution in [1.82, 2.24) is 4.31 Å². The Kier molecular flexibility index (Phi) is 7.84. The van der Waals surface area contributed by atoms with E-state index in [0.29, 0.717) is 18.0 Å². The largest absolute Gasteiger partial charge is 0.492 e. The molecule has 3 aromatic rings. The van der Waals surface area contributed by atoms with Crippen molar-refractivity contribution in [1.29, 1.82) is 0 Å². The highest BCUT2D eigenvalue weighted by molar-refractivity contribution is 9.10. The van der Waals surface area contributed by atoms with Gasteiger partial charge in [-0.1, -0.05) is 58.4 Å². The number of carbonyl (C=O) groups excluding carboxylic acids is 1. The maximum Gasteiger partial charge on any atom is 0.243 e. The minimum Gasteiger partial charge on any atom is -0.492 e. The first kappa shape index (κ1) is 23.0. The lowest BCUT2D eigenvalue weighted by Crippen LogP contribution is -2.37. The van der Waals surface area contributed by atoms with E-state index in [0.717, 1.165) is 10.0 Å². The molecule has 0 heterocycles. The Labute approximate surface area is 191 Å². The highest BCUT2D eigenvalue weighted by Crippen LogP contribution is 2.25. The van der Waals surface area contributed by atoms with Crippen LogP contribution in [0.1, 0.15) is 12.5 Å². The molecule has 0 atom stereocenters. The van der Waals surface area contributed by atoms with Crippen LogP contribution in [0.4, 0.5) is 5.69 Å². The highest BCUT2D eigenvalue weighted by atomic mass is 79.9. The van der Waals surface area contributed by atoms with E-state index in [1.54, 1.807) is 36.4 Å². The number of halogens is 1. The average molecular weight is 503 g/mol. The summed E-state index contributed by atoms with van der Waals surface area (Å²) < 4.78 is 34.1. The number of nitrogens with one attached hydrogen (secondary N) is 1. The number of sulfonamides is 1. The van der Waals surface area contributed by atoms with Gasteiger partial charge >= 0.3 is 0 Å². The normalized spacial score (nSPS) is 11.3. The van der Waals surface area contributed by atoms with Crippen molar-refractivity contribution in [3.63, 3.8) is 0 Å². The topological polar surface area (TPSA) is 75.7 Å². The third-order valence-electron chi connectivity index (χ3n) is 4.43. The van der Waals surface area contributed by atoms with Gasteiger partial charge in [-0.3, -0.25) is 4.79 Å². The van der Waals surface area contributed by atoms with Gasteiger partial charge < -0.3 is 10.1 Å². The van der Waals surface area contributed by atoms with Gasteiger partial charge in [0, 0.05) is 11.0 Å². The van der Waals surface area contributed by atoms with E-state index in [1.165, 1.54) is 16.4 Å². The molecule has 0 aliphatic carbocycles. The molecule has 0 spiro atoms. The van der Waals surface area contributed by atoms with Gasteiger partial charge in [0.2, 0.25) is 15.9 Å². The number of hydrogen-bond donors (Lipinski definition) is 1. The molecule has 0 aliphatic heterocycles. The molecule has 0 radical (unpaired) electrons. The molecule has 0 bridgehead atoms. The van der Waals surface area contributed by atoms with Crippen LogP contribution in [0.15, 0.2) is 88.2 Å². The number of benzene rings is 3. The van der Waals surface area contributed by atoms with E-state index in [-0.39, 0.29) is 18.0 Å². The van der Waals surface area contributed by atoms with Gasteiger partial charge in [0.25, 0.3) is 0 Å². The van der Waals surface area contributed by atoms with Crippen LogP contribution in [-0.2, 0) is 21.4 Å². The van der Waals surface area contributed by atoms with Gasteiger partial charge in [0.05, 0.1) is 23.7 Å². The average Bonchev–Trinajstić information content (AvgIpc) is 2.76. The molecule has 1 N–H and O–H groups in total. The third kappa shape index (κ3) is 6.16. The van der Waals surface area contributed by atoms with Crippen LogP contribution in [0.25, 0.3) is 0 Å². The molecule has 8 heteroatoms. The highest BCUT2D eigenvalue weighted by Gasteiger charge is 2.27. The summed E-state index contributed by atoms with van der Waals surface area (Å²) in [7, 11) is -3.90. The van der Waals surface area contributed by atoms with Crippen LogP contribution < -0.4 is 10.1 Å². The van der Waals surface area contributed by atoms with Gasteiger partial charge in [-0.15, -0.1) is 0 Å². The maximum atomic E-state index is 13.3. The minimum absolute atomic E-state index is 0.0692. The molecule has 6 nitrogen and oxygen atoms in total. The molecule has 0 unspecified atom stereocenters. The second-order valence-electron chi connectivity index (χ2n) is 6.69. The molecule has 3 aromatic carbocycles. The fourth-order valence-corrected chi connectivity index (χ4v) is 4.62. The molecular weight excluding hydrogens is 480 g/mol. The van der Waals surface area contributed by atoms with Gasteiger partial charge in [-0.05, 0) is 48.9 Å². The van der Waals surface area contributed by atoms with Crippen molar-refractivity contribution in [2.75, 3.05) is 18.5 Å². The van der Waals surface area contributed by atoms with Crippen LogP contribution >= 0.6 is 15.9 Å². The SMILES string of the molecule is CCOc1ccccc1NC(=O)CN(Cc1ccccc1)S(=O)(=O)c1ccc(Br)cc1. The predicted molar refractivity (Wildman–Crippen MR) is 124 cm³/mol. The standard InChI is InChI=1S/C23H23BrN2O4S/c1-2-30-22-11-7-6-10-21(22)25-23(27)17-26(16-18-8-4-3-5-9-18)31(28,29)20-14-12-19(24)13-15-20/h3-15H,2,16-17H2,1H3,(H,25,27). The number of anilines is 1. The predicted octanol–water partition coefficient (Wildman–Crippen LogP) is 4.68. The molecule has 162 valence electrons. The summed E-state index contributed by atoms with van der Waals surface area (Å²) in [4.78, 5) is 12.9. The Bertz CT molecular complexity index is 1120. The monoisotopic (exact) mass is 502 g/mol. The summed E-state index contributed by atoms with van der Waals surface area (Å²) in [5, 5.41) is 2.77. The Morgan fingerprint density at radius 1 is 0.968 bits per heavy atom. The maximum absolute atomic E-state index is 13.3. The summed E-state index contributed by atoms with van der Waals surface area (Å²) in [6.45, 7) is 2.03. The van der Waals surface area contributed by atoms with E-state index in [4.69, 9.17) is 4.74 Å². The van der Waals surface area contributed by atoms with Crippen LogP contribution in [0.5, 0.6) is 5.75 Å². The number of hydrogen-bond acceptors (Lipinski definition) is 4. The van der Waals surface area contributed by atoms with Crippen molar-refractivity contribution < 1.29 is 17.9 Å². The fraction of sp³-hybridized carbons (Fsp3) is 0.174. The zero-order valence-corrected chi connectivity index (χ0v) is 19.4. The third-order valence-corrected chi connectivity index (χ3v) is 6.77. The molecule has 0 fully saturated rings. The Morgan fingerprint density at radius 3 is 2.29 bits per heavy atom. The summed E-state index contributed by atoms with van der Waals surface area (Å²) >= 11 is 3.32. The van der Waals surface area contributed by atoms with Crippen molar-refractivity contribution in [3.8, 4) is 5.75 Å². The lowest BCUT2D eigenvalue weighted by Gasteiger charge is -2.22. The summed E-state index contributed by atoms with van der Waals surface area (Å²) in [6, 6.07) is 22.6. The molecule has 0 saturated carbocycles. The first-order valence-corrected chi connectivity index (χ1v) is 11.9. The van der Waals surface area contributed by atoms with Gasteiger partial charge in [-0.25, -0.2) is 8.42 Å². The van der Waals surface area contributed by atoms with Crippen LogP contribution in [0.2, 0.25) is 0 Å². The molecule has 3 rings (SSSR count). The number of amides is 1. The van der Waals surface area contributed by atoms with Gasteiger partial charge in [0.1, 0.15) is 5.75 Å². The molecule has 31 heavy (non-hydrogen) atoms. The van der Waals surface area contributed by atoms with E-state index >= 15 is 0 Å². The number of ether oxygens (including phenoxy) is 1. The van der Waals surface area contributed by atoms with E-state index in [1.807, 2.05) is 37.3 Å². The van der Waals surface area contributed by atoms with Crippen molar-refractivity contribution in [2.45, 2.75) is 18.4 Å². The molecule has 0 aromatic heterocycles. The Hall–Kier alpha value is -2.68. The molecule has 0 aliphatic rings. The number of para-hydroxylation sites is 2. The lowest BCUT2D eigenvalue weighted by molar-refractivity contribution is -0.116. The van der Waals surface area contributed by atoms with E-state index in [2.05, 4.69) is 21.2 Å². The van der Waals surface area contributed by atoms with Crippen molar-refractivity contribution in [2.24, 2.45) is 0 Å². The number of nitrogens with zero attached hydrogens (tertiary/aromatic N) is 1. The first-order valence-electron chi connectivity index (χ1n) is 9.71. The molecule has 0 saturated heterocycles. The summed E-state index contributed by atoms with van der Waals surface area (Å²) in [6.07, 6.45) is 0. The molecule has 1 amide bonds. The van der Waals surface area contributed by atoms with E-state index < -0.39 is 15.9 Å². The smallest absolute Gasteiger partial charge is 0.243 e. The van der Waals surface area contributed by atoms with Gasteiger partial charge in [-0.2, -0.15) is 4.31 Å². The number of carbonyl (C=O) groups is 1. The summed E-state index contributed by atoms with van der Waals surface area (Å²) in [5.41, 5.74) is 1.28. The second-order valence-corrected chi connectivity index (χ2v) is 9.54. The summed E-state index contributed by atoms with van der Waals surface area (Å²) in [5.74, 6) is 0.0764. The van der Waals surface area contributed by atoms with Crippen LogP contribution in [0, 0.1) is 0 Å². The molecular formula is C23H23BrN2O4S. The minimum atomic E-state index is -3.90. The zero-order chi connectivity index (χ0) is 22.3. The number of rotatable bonds is 9. The Balaban J connectivity index is 1.86. The van der Waals surface area contributed by atoms with Crippen LogP contribution in [-0.4, -0.2) is 31.8 Å². The fourth-order valence-electron chi connectivity index (χ4n) is 2.97. The van der Waals surface area contributed by atoms with Crippen molar-refractivity contribution in [3.05, 3.63) is 88.9 Å². The van der Waals surface area contributed by atoms with Crippen LogP contribution in [0.3, 0.4) is 0 Å². The van der Waals surface area contributed by atoms with E-state index in [9.17, 15) is 13.2 Å². The second kappa shape index (κ2) is 10.6. The van der Waals surface area contributed by atoms with Crippen molar-refractivity contribution >= 4 is 37.5 Å². The van der Waals surface area contributed by atoms with Gasteiger partial charge in [0.15, 0.2) is 0 Å². The Morgan fingerprint density at radius 2 is 1.61 bits per heavy atom. The zero-order valence-electron chi connectivity index (χ0n) is 17.0. The first-order chi connectivity index (χ1) is 14.9.